The van der Waals surface area contributed by atoms with Crippen LogP contribution < -0.4 is 15.4 Å². The van der Waals surface area contributed by atoms with Crippen molar-refractivity contribution in [3.05, 3.63) is 18.2 Å². The first-order valence-electron chi connectivity index (χ1n) is 7.90. The molecule has 9 heteroatoms. The molecule has 0 aliphatic carbocycles. The molecule has 0 spiro atoms. The minimum atomic E-state index is -3.25. The van der Waals surface area contributed by atoms with E-state index < -0.39 is 21.7 Å². The molecule has 0 radical (unpaired) electrons. The van der Waals surface area contributed by atoms with Crippen LogP contribution in [0.25, 0.3) is 0 Å². The molecular weight excluding hydrogens is 346 g/mol. The van der Waals surface area contributed by atoms with Crippen molar-refractivity contribution in [1.82, 2.24) is 4.31 Å². The van der Waals surface area contributed by atoms with Gasteiger partial charge in [-0.15, -0.1) is 0 Å². The number of benzene rings is 1. The standard InChI is InChI=1S/C16H25N3O5S/c1-16(2,3)24-15(20)18-11-6-7-14-13(8-11)17-9-12(23-14)10-19(4)25(5,21)22/h6-8,12,17H,9-10H2,1-5H3,(H,18,20). The predicted octanol–water partition coefficient (Wildman–Crippen LogP) is 2.10. The lowest BCUT2D eigenvalue weighted by Crippen LogP contribution is -2.42. The lowest BCUT2D eigenvalue weighted by atomic mass is 10.2. The second-order valence-corrected chi connectivity index (χ2v) is 9.09. The highest BCUT2D eigenvalue weighted by molar-refractivity contribution is 7.88. The molecule has 1 aromatic rings. The minimum Gasteiger partial charge on any atom is -0.485 e. The number of carbonyl (C=O) groups is 1. The largest absolute Gasteiger partial charge is 0.485 e. The van der Waals surface area contributed by atoms with Gasteiger partial charge >= 0.3 is 6.09 Å². The van der Waals surface area contributed by atoms with Gasteiger partial charge in [-0.05, 0) is 39.0 Å². The Morgan fingerprint density at radius 1 is 1.44 bits per heavy atom. The number of nitrogens with zero attached hydrogens (tertiary/aromatic N) is 1. The van der Waals surface area contributed by atoms with E-state index in [1.165, 1.54) is 11.4 Å². The summed E-state index contributed by atoms with van der Waals surface area (Å²) in [6.07, 6.45) is 0.333. The first-order valence-corrected chi connectivity index (χ1v) is 9.75. The van der Waals surface area contributed by atoms with E-state index in [1.54, 1.807) is 39.0 Å². The second-order valence-electron chi connectivity index (χ2n) is 7.00. The number of sulfonamides is 1. The number of rotatable bonds is 4. The minimum absolute atomic E-state index is 0.253. The quantitative estimate of drug-likeness (QED) is 0.841. The molecule has 2 N–H and O–H groups in total. The van der Waals surface area contributed by atoms with Crippen LogP contribution in [0, 0.1) is 0 Å². The van der Waals surface area contributed by atoms with Gasteiger partial charge in [0.05, 0.1) is 25.0 Å². The van der Waals surface area contributed by atoms with E-state index in [0.29, 0.717) is 18.0 Å². The predicted molar refractivity (Wildman–Crippen MR) is 96.7 cm³/mol. The zero-order valence-electron chi connectivity index (χ0n) is 15.1. The van der Waals surface area contributed by atoms with Crippen LogP contribution in [0.1, 0.15) is 20.8 Å². The third kappa shape index (κ3) is 5.79. The lowest BCUT2D eigenvalue weighted by Gasteiger charge is -2.30. The Kier molecular flexibility index (Phi) is 5.48. The summed E-state index contributed by atoms with van der Waals surface area (Å²) in [6.45, 7) is 6.10. The first kappa shape index (κ1) is 19.3. The van der Waals surface area contributed by atoms with Gasteiger partial charge in [0.15, 0.2) is 0 Å². The number of hydrogen-bond donors (Lipinski definition) is 2. The zero-order valence-corrected chi connectivity index (χ0v) is 15.9. The monoisotopic (exact) mass is 371 g/mol. The van der Waals surface area contributed by atoms with Crippen LogP contribution in [-0.2, 0) is 14.8 Å². The summed E-state index contributed by atoms with van der Waals surface area (Å²) in [6, 6.07) is 5.17. The van der Waals surface area contributed by atoms with Gasteiger partial charge in [-0.1, -0.05) is 0 Å². The fourth-order valence-electron chi connectivity index (χ4n) is 2.24. The Balaban J connectivity index is 2.00. The average molecular weight is 371 g/mol. The molecule has 1 amide bonds. The third-order valence-corrected chi connectivity index (χ3v) is 4.75. The fourth-order valence-corrected chi connectivity index (χ4v) is 2.68. The van der Waals surface area contributed by atoms with Crippen molar-refractivity contribution >= 4 is 27.5 Å². The first-order chi connectivity index (χ1) is 11.4. The lowest BCUT2D eigenvalue weighted by molar-refractivity contribution is 0.0636. The Bertz CT molecular complexity index is 743. The molecule has 0 saturated carbocycles. The van der Waals surface area contributed by atoms with Crippen molar-refractivity contribution in [1.29, 1.82) is 0 Å². The van der Waals surface area contributed by atoms with Crippen molar-refractivity contribution < 1.29 is 22.7 Å². The molecular formula is C16H25N3O5S. The molecule has 0 aromatic heterocycles. The third-order valence-electron chi connectivity index (χ3n) is 3.47. The number of carbonyl (C=O) groups excluding carboxylic acids is 1. The number of ether oxygens (including phenoxy) is 2. The summed E-state index contributed by atoms with van der Waals surface area (Å²) in [5.41, 5.74) is 0.737. The molecule has 1 aliphatic rings. The number of anilines is 2. The van der Waals surface area contributed by atoms with Crippen molar-refractivity contribution in [3.8, 4) is 5.75 Å². The van der Waals surface area contributed by atoms with E-state index in [1.807, 2.05) is 0 Å². The maximum absolute atomic E-state index is 11.8. The highest BCUT2D eigenvalue weighted by atomic mass is 32.2. The number of fused-ring (bicyclic) bond motifs is 1. The van der Waals surface area contributed by atoms with Crippen LogP contribution in [-0.4, -0.2) is 56.9 Å². The molecule has 0 saturated heterocycles. The molecule has 8 nitrogen and oxygen atoms in total. The Hall–Kier alpha value is -2.00. The summed E-state index contributed by atoms with van der Waals surface area (Å²) < 4.78 is 35.3. The van der Waals surface area contributed by atoms with Crippen LogP contribution in [0.15, 0.2) is 18.2 Å². The Labute approximate surface area is 148 Å². The van der Waals surface area contributed by atoms with Crippen molar-refractivity contribution in [2.75, 3.05) is 37.0 Å². The van der Waals surface area contributed by atoms with E-state index in [4.69, 9.17) is 9.47 Å². The van der Waals surface area contributed by atoms with Gasteiger partial charge in [0, 0.05) is 12.7 Å². The van der Waals surface area contributed by atoms with Crippen molar-refractivity contribution in [2.45, 2.75) is 32.5 Å². The number of amides is 1. The van der Waals surface area contributed by atoms with Gasteiger partial charge in [0.2, 0.25) is 10.0 Å². The van der Waals surface area contributed by atoms with E-state index >= 15 is 0 Å². The van der Waals surface area contributed by atoms with Crippen LogP contribution in [0.5, 0.6) is 5.75 Å². The molecule has 25 heavy (non-hydrogen) atoms. The topological polar surface area (TPSA) is 97.0 Å². The van der Waals surface area contributed by atoms with Gasteiger partial charge in [0.1, 0.15) is 17.5 Å². The van der Waals surface area contributed by atoms with Crippen molar-refractivity contribution in [3.63, 3.8) is 0 Å². The Morgan fingerprint density at radius 3 is 2.72 bits per heavy atom. The maximum atomic E-state index is 11.8. The maximum Gasteiger partial charge on any atom is 0.412 e. The van der Waals surface area contributed by atoms with Crippen LogP contribution in [0.4, 0.5) is 16.2 Å². The molecule has 0 fully saturated rings. The van der Waals surface area contributed by atoms with Crippen LogP contribution in [0.3, 0.4) is 0 Å². The highest BCUT2D eigenvalue weighted by Crippen LogP contribution is 2.32. The summed E-state index contributed by atoms with van der Waals surface area (Å²) in [5.74, 6) is 0.605. The smallest absolute Gasteiger partial charge is 0.412 e. The summed E-state index contributed by atoms with van der Waals surface area (Å²) >= 11 is 0. The van der Waals surface area contributed by atoms with Crippen LogP contribution >= 0.6 is 0 Å². The molecule has 1 aliphatic heterocycles. The van der Waals surface area contributed by atoms with Gasteiger partial charge < -0.3 is 14.8 Å². The summed E-state index contributed by atoms with van der Waals surface area (Å²) in [4.78, 5) is 11.8. The van der Waals surface area contributed by atoms with Gasteiger partial charge in [-0.2, -0.15) is 0 Å². The fraction of sp³-hybridized carbons (Fsp3) is 0.562. The molecule has 2 rings (SSSR count). The van der Waals surface area contributed by atoms with Crippen LogP contribution in [0.2, 0.25) is 0 Å². The number of hydrogen-bond acceptors (Lipinski definition) is 6. The van der Waals surface area contributed by atoms with Gasteiger partial charge in [0.25, 0.3) is 0 Å². The normalized spacial score (nSPS) is 17.3. The molecule has 1 unspecified atom stereocenters. The van der Waals surface area contributed by atoms with E-state index in [0.717, 1.165) is 11.9 Å². The SMILES string of the molecule is CN(CC1CNc2cc(NC(=O)OC(C)(C)C)ccc2O1)S(C)(=O)=O. The summed E-state index contributed by atoms with van der Waals surface area (Å²) in [5, 5.41) is 5.86. The van der Waals surface area contributed by atoms with Crippen molar-refractivity contribution in [2.24, 2.45) is 0 Å². The van der Waals surface area contributed by atoms with E-state index in [-0.39, 0.29) is 12.6 Å². The molecule has 1 atom stereocenters. The highest BCUT2D eigenvalue weighted by Gasteiger charge is 2.24. The molecule has 0 bridgehead atoms. The molecule has 1 aromatic carbocycles. The summed E-state index contributed by atoms with van der Waals surface area (Å²) in [7, 11) is -1.73. The average Bonchev–Trinajstić information content (AvgIpc) is 2.44. The Morgan fingerprint density at radius 2 is 2.12 bits per heavy atom. The van der Waals surface area contributed by atoms with Gasteiger partial charge in [-0.25, -0.2) is 17.5 Å². The second kappa shape index (κ2) is 7.09. The number of nitrogens with one attached hydrogen (secondary N) is 2. The molecule has 1 heterocycles. The number of likely N-dealkylation sites (N-methyl/N-ethyl adjacent to an activating group) is 1. The molecule has 140 valence electrons. The van der Waals surface area contributed by atoms with E-state index in [2.05, 4.69) is 10.6 Å². The zero-order chi connectivity index (χ0) is 18.8. The van der Waals surface area contributed by atoms with Gasteiger partial charge in [-0.3, -0.25) is 5.32 Å². The van der Waals surface area contributed by atoms with E-state index in [9.17, 15) is 13.2 Å².